The van der Waals surface area contributed by atoms with E-state index in [1.54, 1.807) is 0 Å². The molecule has 5 heteroatoms. The van der Waals surface area contributed by atoms with E-state index in [-0.39, 0.29) is 18.3 Å². The van der Waals surface area contributed by atoms with E-state index in [4.69, 9.17) is 4.74 Å². The number of likely N-dealkylation sites (tertiary alicyclic amines) is 1. The summed E-state index contributed by atoms with van der Waals surface area (Å²) in [5, 5.41) is 3.22. The average molecular weight is 327 g/mol. The van der Waals surface area contributed by atoms with Gasteiger partial charge >= 0.3 is 0 Å². The molecule has 0 bridgehead atoms. The maximum atomic E-state index is 12.2. The van der Waals surface area contributed by atoms with Gasteiger partial charge in [0, 0.05) is 13.1 Å². The van der Waals surface area contributed by atoms with Crippen molar-refractivity contribution in [2.75, 3.05) is 33.3 Å². The number of benzene rings is 1. The van der Waals surface area contributed by atoms with Crippen LogP contribution in [0.1, 0.15) is 24.8 Å². The van der Waals surface area contributed by atoms with E-state index in [1.165, 1.54) is 5.56 Å². The van der Waals surface area contributed by atoms with Crippen molar-refractivity contribution in [1.82, 2.24) is 10.2 Å². The zero-order valence-corrected chi connectivity index (χ0v) is 14.3. The van der Waals surface area contributed by atoms with E-state index in [0.29, 0.717) is 18.9 Å². The SMILES string of the molecule is CNCC1CCN(C(=O)CCOc2cccc(C)c2)CC1.Cl. The monoisotopic (exact) mass is 326 g/mol. The molecule has 0 atom stereocenters. The van der Waals surface area contributed by atoms with Crippen molar-refractivity contribution in [2.45, 2.75) is 26.2 Å². The first-order valence-electron chi connectivity index (χ1n) is 7.81. The van der Waals surface area contributed by atoms with Crippen molar-refractivity contribution in [3.05, 3.63) is 29.8 Å². The highest BCUT2D eigenvalue weighted by atomic mass is 35.5. The number of aryl methyl sites for hydroxylation is 1. The van der Waals surface area contributed by atoms with Crippen molar-refractivity contribution in [2.24, 2.45) is 5.92 Å². The van der Waals surface area contributed by atoms with Crippen LogP contribution in [0.25, 0.3) is 0 Å². The third-order valence-electron chi connectivity index (χ3n) is 4.03. The van der Waals surface area contributed by atoms with Crippen LogP contribution in [0.15, 0.2) is 24.3 Å². The standard InChI is InChI=1S/C17H26N2O2.ClH/c1-14-4-3-5-16(12-14)21-11-8-17(20)19-9-6-15(7-10-19)13-18-2;/h3-5,12,15,18H,6-11,13H2,1-2H3;1H. The number of carbonyl (C=O) groups is 1. The maximum absolute atomic E-state index is 12.2. The third kappa shape index (κ3) is 5.85. The molecule has 1 aromatic carbocycles. The van der Waals surface area contributed by atoms with Crippen LogP contribution < -0.4 is 10.1 Å². The molecule has 0 unspecified atom stereocenters. The molecule has 1 aliphatic rings. The fourth-order valence-electron chi connectivity index (χ4n) is 2.79. The Labute approximate surface area is 139 Å². The Bertz CT molecular complexity index is 460. The fraction of sp³-hybridized carbons (Fsp3) is 0.588. The molecule has 1 aromatic rings. The van der Waals surface area contributed by atoms with Gasteiger partial charge in [0.15, 0.2) is 0 Å². The molecule has 0 spiro atoms. The van der Waals surface area contributed by atoms with Crippen LogP contribution in [-0.2, 0) is 4.79 Å². The fourth-order valence-corrected chi connectivity index (χ4v) is 2.79. The summed E-state index contributed by atoms with van der Waals surface area (Å²) >= 11 is 0. The van der Waals surface area contributed by atoms with Crippen molar-refractivity contribution < 1.29 is 9.53 Å². The number of nitrogens with zero attached hydrogens (tertiary/aromatic N) is 1. The second-order valence-electron chi connectivity index (χ2n) is 5.80. The summed E-state index contributed by atoms with van der Waals surface area (Å²) in [5.74, 6) is 1.77. The van der Waals surface area contributed by atoms with Crippen molar-refractivity contribution in [3.63, 3.8) is 0 Å². The topological polar surface area (TPSA) is 41.6 Å². The van der Waals surface area contributed by atoms with Crippen LogP contribution in [0.5, 0.6) is 5.75 Å². The quantitative estimate of drug-likeness (QED) is 0.873. The number of hydrogen-bond donors (Lipinski definition) is 1. The van der Waals surface area contributed by atoms with E-state index < -0.39 is 0 Å². The van der Waals surface area contributed by atoms with Crippen LogP contribution in [0.3, 0.4) is 0 Å². The van der Waals surface area contributed by atoms with Gasteiger partial charge in [0.25, 0.3) is 0 Å². The number of piperidine rings is 1. The maximum Gasteiger partial charge on any atom is 0.225 e. The normalized spacial score (nSPS) is 15.3. The van der Waals surface area contributed by atoms with Gasteiger partial charge in [-0.2, -0.15) is 0 Å². The lowest BCUT2D eigenvalue weighted by Crippen LogP contribution is -2.40. The molecule has 22 heavy (non-hydrogen) atoms. The summed E-state index contributed by atoms with van der Waals surface area (Å²) in [6.07, 6.45) is 2.67. The second-order valence-corrected chi connectivity index (χ2v) is 5.80. The zero-order valence-electron chi connectivity index (χ0n) is 13.5. The summed E-state index contributed by atoms with van der Waals surface area (Å²) in [6.45, 7) is 5.32. The summed E-state index contributed by atoms with van der Waals surface area (Å²) in [7, 11) is 1.99. The molecule has 1 saturated heterocycles. The zero-order chi connectivity index (χ0) is 15.1. The Morgan fingerprint density at radius 1 is 1.36 bits per heavy atom. The van der Waals surface area contributed by atoms with Gasteiger partial charge in [-0.1, -0.05) is 12.1 Å². The van der Waals surface area contributed by atoms with Gasteiger partial charge in [0.1, 0.15) is 5.75 Å². The predicted octanol–water partition coefficient (Wildman–Crippen LogP) is 2.64. The van der Waals surface area contributed by atoms with E-state index in [2.05, 4.69) is 5.32 Å². The minimum atomic E-state index is 0. The lowest BCUT2D eigenvalue weighted by Gasteiger charge is -2.32. The highest BCUT2D eigenvalue weighted by Gasteiger charge is 2.21. The van der Waals surface area contributed by atoms with Crippen LogP contribution in [0.4, 0.5) is 0 Å². The number of hydrogen-bond acceptors (Lipinski definition) is 3. The second kappa shape index (κ2) is 9.70. The summed E-state index contributed by atoms with van der Waals surface area (Å²) < 4.78 is 5.65. The van der Waals surface area contributed by atoms with Crippen LogP contribution in [0.2, 0.25) is 0 Å². The Kier molecular flexibility index (Phi) is 8.28. The molecule has 0 radical (unpaired) electrons. The summed E-state index contributed by atoms with van der Waals surface area (Å²) in [5.41, 5.74) is 1.17. The van der Waals surface area contributed by atoms with Crippen LogP contribution in [0, 0.1) is 12.8 Å². The molecule has 1 N–H and O–H groups in total. The van der Waals surface area contributed by atoms with Gasteiger partial charge in [0.2, 0.25) is 5.91 Å². The molecule has 1 fully saturated rings. The van der Waals surface area contributed by atoms with Crippen molar-refractivity contribution >= 4 is 18.3 Å². The predicted molar refractivity (Wildman–Crippen MR) is 91.8 cm³/mol. The van der Waals surface area contributed by atoms with Crippen molar-refractivity contribution in [3.8, 4) is 5.75 Å². The molecule has 1 amide bonds. The molecule has 4 nitrogen and oxygen atoms in total. The van der Waals surface area contributed by atoms with Crippen molar-refractivity contribution in [1.29, 1.82) is 0 Å². The van der Waals surface area contributed by atoms with Gasteiger partial charge in [-0.05, 0) is 57.0 Å². The third-order valence-corrected chi connectivity index (χ3v) is 4.03. The number of carbonyl (C=O) groups excluding carboxylic acids is 1. The highest BCUT2D eigenvalue weighted by molar-refractivity contribution is 5.85. The average Bonchev–Trinajstić information content (AvgIpc) is 2.48. The lowest BCUT2D eigenvalue weighted by atomic mass is 9.97. The highest BCUT2D eigenvalue weighted by Crippen LogP contribution is 2.17. The molecule has 0 aliphatic carbocycles. The molecule has 124 valence electrons. The Balaban J connectivity index is 0.00000242. The van der Waals surface area contributed by atoms with Crippen LogP contribution >= 0.6 is 12.4 Å². The Hall–Kier alpha value is -1.26. The largest absolute Gasteiger partial charge is 0.493 e. The molecule has 1 heterocycles. The van der Waals surface area contributed by atoms with Gasteiger partial charge in [-0.25, -0.2) is 0 Å². The summed E-state index contributed by atoms with van der Waals surface area (Å²) in [4.78, 5) is 14.1. The van der Waals surface area contributed by atoms with Gasteiger partial charge in [0.05, 0.1) is 13.0 Å². The molecule has 1 aliphatic heterocycles. The van der Waals surface area contributed by atoms with Crippen LogP contribution in [-0.4, -0.2) is 44.1 Å². The van der Waals surface area contributed by atoms with E-state index >= 15 is 0 Å². The van der Waals surface area contributed by atoms with Gasteiger partial charge < -0.3 is 15.0 Å². The Morgan fingerprint density at radius 2 is 2.09 bits per heavy atom. The molecular formula is C17H27ClN2O2. The number of amides is 1. The first-order chi connectivity index (χ1) is 10.2. The smallest absolute Gasteiger partial charge is 0.225 e. The lowest BCUT2D eigenvalue weighted by molar-refractivity contribution is -0.133. The molecule has 0 saturated carbocycles. The number of ether oxygens (including phenoxy) is 1. The van der Waals surface area contributed by atoms with E-state index in [1.807, 2.05) is 43.1 Å². The molecule has 0 aromatic heterocycles. The van der Waals surface area contributed by atoms with Gasteiger partial charge in [-0.15, -0.1) is 12.4 Å². The first-order valence-corrected chi connectivity index (χ1v) is 7.81. The van der Waals surface area contributed by atoms with Gasteiger partial charge in [-0.3, -0.25) is 4.79 Å². The molecular weight excluding hydrogens is 300 g/mol. The number of rotatable bonds is 6. The Morgan fingerprint density at radius 3 is 2.73 bits per heavy atom. The summed E-state index contributed by atoms with van der Waals surface area (Å²) in [6, 6.07) is 7.93. The first kappa shape index (κ1) is 18.8. The molecule has 2 rings (SSSR count). The minimum absolute atomic E-state index is 0. The number of nitrogens with one attached hydrogen (secondary N) is 1. The van der Waals surface area contributed by atoms with E-state index in [9.17, 15) is 4.79 Å². The minimum Gasteiger partial charge on any atom is -0.493 e. The van der Waals surface area contributed by atoms with E-state index in [0.717, 1.165) is 38.2 Å². The number of halogens is 1.